The summed E-state index contributed by atoms with van der Waals surface area (Å²) in [6.07, 6.45) is 3.05. The zero-order valence-electron chi connectivity index (χ0n) is 18.9. The highest BCUT2D eigenvalue weighted by Gasteiger charge is 2.26. The van der Waals surface area contributed by atoms with Gasteiger partial charge in [-0.25, -0.2) is 14.2 Å². The van der Waals surface area contributed by atoms with Crippen LogP contribution in [0.25, 0.3) is 0 Å². The third-order valence-electron chi connectivity index (χ3n) is 6.35. The van der Waals surface area contributed by atoms with E-state index in [-0.39, 0.29) is 5.25 Å². The molecule has 0 spiro atoms. The second kappa shape index (κ2) is 9.70. The van der Waals surface area contributed by atoms with Crippen LogP contribution in [-0.2, 0) is 30.5 Å². The molecule has 0 fully saturated rings. The van der Waals surface area contributed by atoms with Crippen molar-refractivity contribution >= 4 is 22.6 Å². The fraction of sp³-hybridized carbons (Fsp3) is 0.565. The second-order valence-corrected chi connectivity index (χ2v) is 9.75. The number of halogens is 1. The van der Waals surface area contributed by atoms with Crippen molar-refractivity contribution < 1.29 is 17.9 Å². The Labute approximate surface area is 190 Å². The minimum Gasteiger partial charge on any atom is -0.493 e. The van der Waals surface area contributed by atoms with Crippen LogP contribution in [0.15, 0.2) is 17.1 Å². The highest BCUT2D eigenvalue weighted by atomic mass is 32.2. The Hall–Kier alpha value is -2.26. The highest BCUT2D eigenvalue weighted by Crippen LogP contribution is 2.31. The van der Waals surface area contributed by atoms with Crippen LogP contribution in [0.3, 0.4) is 0 Å². The van der Waals surface area contributed by atoms with Crippen LogP contribution >= 0.6 is 0 Å². The van der Waals surface area contributed by atoms with Gasteiger partial charge in [0, 0.05) is 19.4 Å². The number of hydrogen-bond donors (Lipinski definition) is 2. The van der Waals surface area contributed by atoms with Crippen LogP contribution in [0.4, 0.5) is 10.2 Å². The molecular weight excluding hydrogens is 431 g/mol. The van der Waals surface area contributed by atoms with Gasteiger partial charge in [0.1, 0.15) is 23.1 Å². The molecule has 2 aliphatic rings. The molecule has 1 aromatic heterocycles. The van der Waals surface area contributed by atoms with E-state index in [4.69, 9.17) is 9.72 Å². The standard InChI is InChI=1S/C23H31FN4O3S/c1-4-18(32(29)30)7-5-6-9-28-20(26-21-15(3)25-23(24)27-22(21)28)13-17-12-19-16(8-10-31-19)11-14(17)2/h11-12,18,23,27H,4-10,13H2,1-3H3,(H,29,30). The van der Waals surface area contributed by atoms with Crippen LogP contribution in [0.5, 0.6) is 5.75 Å². The smallest absolute Gasteiger partial charge is 0.265 e. The first-order chi connectivity index (χ1) is 15.4. The molecule has 2 N–H and O–H groups in total. The molecule has 7 nitrogen and oxygen atoms in total. The molecule has 0 aliphatic carbocycles. The summed E-state index contributed by atoms with van der Waals surface area (Å²) < 4.78 is 42.8. The van der Waals surface area contributed by atoms with Gasteiger partial charge < -0.3 is 19.2 Å². The molecule has 2 aromatic rings. The zero-order valence-corrected chi connectivity index (χ0v) is 19.7. The molecule has 0 amide bonds. The molecule has 32 heavy (non-hydrogen) atoms. The molecule has 174 valence electrons. The lowest BCUT2D eigenvalue weighted by Gasteiger charge is -2.19. The summed E-state index contributed by atoms with van der Waals surface area (Å²) in [6.45, 7) is 7.18. The fourth-order valence-corrected chi connectivity index (χ4v) is 5.14. The SMILES string of the molecule is CCC(CCCCn1c(Cc2cc3c(cc2C)CCO3)nc2c1NC(F)N=C2C)S(=O)O. The average molecular weight is 463 g/mol. The summed E-state index contributed by atoms with van der Waals surface area (Å²) in [5.41, 5.74) is 4.85. The van der Waals surface area contributed by atoms with E-state index in [1.54, 1.807) is 6.92 Å². The van der Waals surface area contributed by atoms with Crippen molar-refractivity contribution in [1.82, 2.24) is 9.55 Å². The van der Waals surface area contributed by atoms with E-state index in [0.29, 0.717) is 43.0 Å². The van der Waals surface area contributed by atoms with Gasteiger partial charge in [-0.05, 0) is 55.9 Å². The number of benzene rings is 1. The first kappa shape index (κ1) is 22.9. The third-order valence-corrected chi connectivity index (χ3v) is 7.49. The molecule has 2 aliphatic heterocycles. The number of fused-ring (bicyclic) bond motifs is 2. The maximum atomic E-state index is 14.2. The molecule has 3 unspecified atom stereocenters. The number of unbranched alkanes of at least 4 members (excludes halogenated alkanes) is 1. The number of anilines is 1. The predicted molar refractivity (Wildman–Crippen MR) is 125 cm³/mol. The van der Waals surface area contributed by atoms with Crippen LogP contribution in [0, 0.1) is 6.92 Å². The minimum absolute atomic E-state index is 0.206. The summed E-state index contributed by atoms with van der Waals surface area (Å²) in [4.78, 5) is 8.81. The lowest BCUT2D eigenvalue weighted by Crippen LogP contribution is -2.23. The van der Waals surface area contributed by atoms with Gasteiger partial charge in [-0.1, -0.05) is 19.4 Å². The van der Waals surface area contributed by atoms with Crippen molar-refractivity contribution in [2.45, 2.75) is 77.5 Å². The number of ether oxygens (including phenoxy) is 1. The van der Waals surface area contributed by atoms with Crippen LogP contribution in [-0.4, -0.2) is 42.3 Å². The first-order valence-corrected chi connectivity index (χ1v) is 12.4. The van der Waals surface area contributed by atoms with Gasteiger partial charge in [0.2, 0.25) is 0 Å². The largest absolute Gasteiger partial charge is 0.493 e. The Kier molecular flexibility index (Phi) is 6.95. The maximum absolute atomic E-state index is 14.2. The van der Waals surface area contributed by atoms with Crippen LogP contribution in [0.2, 0.25) is 0 Å². The maximum Gasteiger partial charge on any atom is 0.265 e. The summed E-state index contributed by atoms with van der Waals surface area (Å²) in [6, 6.07) is 4.29. The van der Waals surface area contributed by atoms with Gasteiger partial charge in [-0.3, -0.25) is 0 Å². The number of hydrogen-bond acceptors (Lipinski definition) is 5. The number of aromatic nitrogens is 2. The zero-order chi connectivity index (χ0) is 22.8. The van der Waals surface area contributed by atoms with Gasteiger partial charge in [0.15, 0.2) is 11.1 Å². The van der Waals surface area contributed by atoms with E-state index >= 15 is 0 Å². The number of aryl methyl sites for hydroxylation is 1. The molecule has 0 saturated heterocycles. The third kappa shape index (κ3) is 4.73. The highest BCUT2D eigenvalue weighted by molar-refractivity contribution is 7.79. The summed E-state index contributed by atoms with van der Waals surface area (Å²) in [5.74, 6) is 2.45. The van der Waals surface area contributed by atoms with Gasteiger partial charge in [-0.2, -0.15) is 4.39 Å². The predicted octanol–water partition coefficient (Wildman–Crippen LogP) is 4.38. The molecule has 0 saturated carbocycles. The van der Waals surface area contributed by atoms with Crippen molar-refractivity contribution in [3.8, 4) is 5.75 Å². The quantitative estimate of drug-likeness (QED) is 0.328. The van der Waals surface area contributed by atoms with E-state index < -0.39 is 17.5 Å². The number of rotatable bonds is 9. The lowest BCUT2D eigenvalue weighted by atomic mass is 10.0. The fourth-order valence-electron chi connectivity index (χ4n) is 4.49. The first-order valence-electron chi connectivity index (χ1n) is 11.3. The Morgan fingerprint density at radius 3 is 2.94 bits per heavy atom. The van der Waals surface area contributed by atoms with Gasteiger partial charge in [0.05, 0.1) is 17.6 Å². The van der Waals surface area contributed by atoms with Crippen molar-refractivity contribution in [2.24, 2.45) is 4.99 Å². The molecule has 0 radical (unpaired) electrons. The van der Waals surface area contributed by atoms with E-state index in [1.165, 1.54) is 11.1 Å². The van der Waals surface area contributed by atoms with Crippen LogP contribution in [0.1, 0.15) is 67.7 Å². The van der Waals surface area contributed by atoms with Crippen molar-refractivity contribution in [2.75, 3.05) is 11.9 Å². The number of nitrogens with zero attached hydrogens (tertiary/aromatic N) is 3. The number of imidazole rings is 1. The number of nitrogens with one attached hydrogen (secondary N) is 1. The van der Waals surface area contributed by atoms with Gasteiger partial charge in [0.25, 0.3) is 6.42 Å². The molecule has 9 heteroatoms. The van der Waals surface area contributed by atoms with E-state index in [2.05, 4.69) is 29.4 Å². The van der Waals surface area contributed by atoms with E-state index in [0.717, 1.165) is 43.0 Å². The van der Waals surface area contributed by atoms with Crippen LogP contribution < -0.4 is 10.1 Å². The van der Waals surface area contributed by atoms with Crippen molar-refractivity contribution in [1.29, 1.82) is 0 Å². The summed E-state index contributed by atoms with van der Waals surface area (Å²) in [5, 5.41) is 2.63. The monoisotopic (exact) mass is 462 g/mol. The van der Waals surface area contributed by atoms with Crippen molar-refractivity contribution in [3.63, 3.8) is 0 Å². The molecule has 0 bridgehead atoms. The summed E-state index contributed by atoms with van der Waals surface area (Å²) >= 11 is -1.80. The van der Waals surface area contributed by atoms with Crippen molar-refractivity contribution in [3.05, 3.63) is 40.3 Å². The molecule has 4 rings (SSSR count). The Bertz CT molecular complexity index is 1050. The minimum atomic E-state index is -1.80. The Morgan fingerprint density at radius 1 is 1.38 bits per heavy atom. The Morgan fingerprint density at radius 2 is 2.19 bits per heavy atom. The normalized spacial score (nSPS) is 18.9. The number of alkyl halides is 1. The topological polar surface area (TPSA) is 88.7 Å². The molecule has 3 atom stereocenters. The average Bonchev–Trinajstić information content (AvgIpc) is 3.32. The van der Waals surface area contributed by atoms with E-state index in [9.17, 15) is 13.2 Å². The summed E-state index contributed by atoms with van der Waals surface area (Å²) in [7, 11) is 0. The number of aliphatic imine (C=N–C) groups is 1. The Balaban J connectivity index is 1.58. The second-order valence-electron chi connectivity index (χ2n) is 8.54. The lowest BCUT2D eigenvalue weighted by molar-refractivity contribution is 0.356. The molecule has 1 aromatic carbocycles. The van der Waals surface area contributed by atoms with Gasteiger partial charge in [-0.15, -0.1) is 0 Å². The van der Waals surface area contributed by atoms with E-state index in [1.807, 2.05) is 11.5 Å². The molecular formula is C23H31FN4O3S. The van der Waals surface area contributed by atoms with Gasteiger partial charge >= 0.3 is 0 Å². The molecule has 3 heterocycles.